The van der Waals surface area contributed by atoms with E-state index in [2.05, 4.69) is 10.1 Å². The third kappa shape index (κ3) is 3.44. The number of hydrogen-bond donors (Lipinski definition) is 0. The zero-order valence-electron chi connectivity index (χ0n) is 10.8. The lowest BCUT2D eigenvalue weighted by Crippen LogP contribution is -2.13. The topological polar surface area (TPSA) is 95.8 Å². The first kappa shape index (κ1) is 14.3. The lowest BCUT2D eigenvalue weighted by molar-refractivity contribution is -0.389. The smallest absolute Gasteiger partial charge is 0.358 e. The molecular weight excluding hydrogens is 282 g/mol. The minimum Gasteiger partial charge on any atom is -0.358 e. The van der Waals surface area contributed by atoms with Gasteiger partial charge < -0.3 is 14.7 Å². The Morgan fingerprint density at radius 3 is 2.85 bits per heavy atom. The van der Waals surface area contributed by atoms with E-state index in [1.165, 1.54) is 28.6 Å². The standard InChI is InChI=1S/C11H13N5O3S/c1-2-14-5-4-10(17)12-11(14)20-8-7-15-6-3-9(13-15)16(18)19/h3-6H,2,7-8H2,1H3. The number of thioether (sulfide) groups is 1. The first-order chi connectivity index (χ1) is 9.60. The van der Waals surface area contributed by atoms with E-state index in [0.29, 0.717) is 17.5 Å². The molecule has 20 heavy (non-hydrogen) atoms. The van der Waals surface area contributed by atoms with Gasteiger partial charge in [-0.05, 0) is 11.8 Å². The molecule has 2 aromatic rings. The van der Waals surface area contributed by atoms with E-state index in [-0.39, 0.29) is 11.4 Å². The number of nitro groups is 1. The Hall–Kier alpha value is -2.16. The Morgan fingerprint density at radius 2 is 2.20 bits per heavy atom. The van der Waals surface area contributed by atoms with Crippen LogP contribution in [-0.2, 0) is 13.1 Å². The average molecular weight is 295 g/mol. The van der Waals surface area contributed by atoms with Crippen LogP contribution in [0.15, 0.2) is 34.5 Å². The molecule has 2 rings (SSSR count). The molecule has 0 aliphatic rings. The molecule has 0 bridgehead atoms. The van der Waals surface area contributed by atoms with Crippen molar-refractivity contribution in [2.45, 2.75) is 25.2 Å². The monoisotopic (exact) mass is 295 g/mol. The molecule has 0 atom stereocenters. The molecule has 0 aromatic carbocycles. The highest BCUT2D eigenvalue weighted by Crippen LogP contribution is 2.14. The molecule has 0 N–H and O–H groups in total. The van der Waals surface area contributed by atoms with E-state index in [1.807, 2.05) is 11.5 Å². The third-order valence-corrected chi connectivity index (χ3v) is 3.53. The summed E-state index contributed by atoms with van der Waals surface area (Å²) < 4.78 is 3.38. The second-order valence-electron chi connectivity index (χ2n) is 3.88. The van der Waals surface area contributed by atoms with E-state index in [4.69, 9.17) is 0 Å². The molecule has 0 aliphatic carbocycles. The van der Waals surface area contributed by atoms with Crippen LogP contribution in [0.3, 0.4) is 0 Å². The van der Waals surface area contributed by atoms with Crippen molar-refractivity contribution >= 4 is 17.6 Å². The van der Waals surface area contributed by atoms with Gasteiger partial charge in [0.15, 0.2) is 5.16 Å². The van der Waals surface area contributed by atoms with E-state index >= 15 is 0 Å². The van der Waals surface area contributed by atoms with Crippen LogP contribution in [0, 0.1) is 10.1 Å². The summed E-state index contributed by atoms with van der Waals surface area (Å²) in [5, 5.41) is 15.0. The summed E-state index contributed by atoms with van der Waals surface area (Å²) in [5.74, 6) is 0.452. The fourth-order valence-corrected chi connectivity index (χ4v) is 2.54. The van der Waals surface area contributed by atoms with Crippen LogP contribution in [0.1, 0.15) is 6.92 Å². The molecule has 106 valence electrons. The van der Waals surface area contributed by atoms with Crippen molar-refractivity contribution < 1.29 is 4.92 Å². The van der Waals surface area contributed by atoms with Gasteiger partial charge in [0.25, 0.3) is 5.56 Å². The first-order valence-corrected chi connectivity index (χ1v) is 6.97. The van der Waals surface area contributed by atoms with Gasteiger partial charge in [-0.15, -0.1) is 0 Å². The summed E-state index contributed by atoms with van der Waals surface area (Å²) in [6, 6.07) is 2.78. The first-order valence-electron chi connectivity index (χ1n) is 5.98. The SMILES string of the molecule is CCn1ccc(=O)nc1SCCn1ccc([N+](=O)[O-])n1. The summed E-state index contributed by atoms with van der Waals surface area (Å²) in [6.45, 7) is 3.20. The Kier molecular flexibility index (Phi) is 4.51. The average Bonchev–Trinajstić information content (AvgIpc) is 2.88. The highest BCUT2D eigenvalue weighted by molar-refractivity contribution is 7.99. The fourth-order valence-electron chi connectivity index (χ4n) is 1.57. The molecule has 0 spiro atoms. The van der Waals surface area contributed by atoms with Gasteiger partial charge in [0.1, 0.15) is 0 Å². The van der Waals surface area contributed by atoms with Crippen molar-refractivity contribution in [2.24, 2.45) is 0 Å². The van der Waals surface area contributed by atoms with Crippen molar-refractivity contribution in [3.05, 3.63) is 45.0 Å². The van der Waals surface area contributed by atoms with E-state index in [9.17, 15) is 14.9 Å². The second-order valence-corrected chi connectivity index (χ2v) is 4.94. The molecule has 2 aromatic heterocycles. The van der Waals surface area contributed by atoms with Crippen molar-refractivity contribution in [1.82, 2.24) is 19.3 Å². The molecule has 8 nitrogen and oxygen atoms in total. The maximum Gasteiger partial charge on any atom is 0.389 e. The Labute approximate surface area is 118 Å². The predicted octanol–water partition coefficient (Wildman–Crippen LogP) is 1.16. The van der Waals surface area contributed by atoms with Crippen LogP contribution >= 0.6 is 11.8 Å². The Balaban J connectivity index is 1.97. The normalized spacial score (nSPS) is 10.7. The molecular formula is C11H13N5O3S. The van der Waals surface area contributed by atoms with Crippen molar-refractivity contribution in [1.29, 1.82) is 0 Å². The number of hydrogen-bond acceptors (Lipinski definition) is 6. The third-order valence-electron chi connectivity index (χ3n) is 2.55. The predicted molar refractivity (Wildman–Crippen MR) is 73.8 cm³/mol. The number of rotatable bonds is 6. The van der Waals surface area contributed by atoms with Crippen molar-refractivity contribution in [3.8, 4) is 0 Å². The van der Waals surface area contributed by atoms with Gasteiger partial charge in [-0.2, -0.15) is 9.67 Å². The molecule has 0 saturated heterocycles. The summed E-state index contributed by atoms with van der Waals surface area (Å²) >= 11 is 1.42. The number of nitrogens with zero attached hydrogens (tertiary/aromatic N) is 5. The van der Waals surface area contributed by atoms with Gasteiger partial charge in [0.05, 0.1) is 23.9 Å². The minimum absolute atomic E-state index is 0.168. The molecule has 9 heteroatoms. The maximum atomic E-state index is 11.2. The van der Waals surface area contributed by atoms with Crippen LogP contribution in [-0.4, -0.2) is 30.0 Å². The highest BCUT2D eigenvalue weighted by atomic mass is 32.2. The van der Waals surface area contributed by atoms with Crippen LogP contribution < -0.4 is 5.56 Å². The summed E-state index contributed by atoms with van der Waals surface area (Å²) in [5.41, 5.74) is -0.271. The molecule has 0 amide bonds. The second kappa shape index (κ2) is 6.33. The van der Waals surface area contributed by atoms with Gasteiger partial charge in [-0.25, -0.2) is 0 Å². The lowest BCUT2D eigenvalue weighted by atomic mass is 10.6. The van der Waals surface area contributed by atoms with Gasteiger partial charge in [0, 0.05) is 24.6 Å². The van der Waals surface area contributed by atoms with Crippen LogP contribution in [0.4, 0.5) is 5.82 Å². The molecule has 0 saturated carbocycles. The number of aromatic nitrogens is 4. The molecule has 2 heterocycles. The van der Waals surface area contributed by atoms with Gasteiger partial charge in [-0.1, -0.05) is 11.8 Å². The Bertz CT molecular complexity index is 666. The quantitative estimate of drug-likeness (QED) is 0.343. The minimum atomic E-state index is -0.531. The Morgan fingerprint density at radius 1 is 1.40 bits per heavy atom. The van der Waals surface area contributed by atoms with Gasteiger partial charge in [0.2, 0.25) is 0 Å². The van der Waals surface area contributed by atoms with Gasteiger partial charge >= 0.3 is 5.82 Å². The van der Waals surface area contributed by atoms with E-state index < -0.39 is 4.92 Å². The highest BCUT2D eigenvalue weighted by Gasteiger charge is 2.10. The van der Waals surface area contributed by atoms with Crippen molar-refractivity contribution in [3.63, 3.8) is 0 Å². The molecule has 0 fully saturated rings. The van der Waals surface area contributed by atoms with Gasteiger partial charge in [-0.3, -0.25) is 4.79 Å². The zero-order chi connectivity index (χ0) is 14.5. The van der Waals surface area contributed by atoms with Crippen LogP contribution in [0.2, 0.25) is 0 Å². The van der Waals surface area contributed by atoms with Crippen molar-refractivity contribution in [2.75, 3.05) is 5.75 Å². The molecule has 0 radical (unpaired) electrons. The summed E-state index contributed by atoms with van der Waals surface area (Å²) in [7, 11) is 0. The molecule has 0 unspecified atom stereocenters. The maximum absolute atomic E-state index is 11.2. The van der Waals surface area contributed by atoms with E-state index in [1.54, 1.807) is 12.4 Å². The zero-order valence-corrected chi connectivity index (χ0v) is 11.6. The van der Waals surface area contributed by atoms with E-state index in [0.717, 1.165) is 6.54 Å². The number of aryl methyl sites for hydroxylation is 2. The largest absolute Gasteiger partial charge is 0.389 e. The van der Waals surface area contributed by atoms with Crippen LogP contribution in [0.5, 0.6) is 0 Å². The lowest BCUT2D eigenvalue weighted by Gasteiger charge is -2.08. The van der Waals surface area contributed by atoms with Crippen LogP contribution in [0.25, 0.3) is 0 Å². The summed E-state index contributed by atoms with van der Waals surface area (Å²) in [6.07, 6.45) is 3.26. The molecule has 0 aliphatic heterocycles. The summed E-state index contributed by atoms with van der Waals surface area (Å²) in [4.78, 5) is 25.2. The fraction of sp³-hybridized carbons (Fsp3) is 0.364.